The van der Waals surface area contributed by atoms with Gasteiger partial charge in [-0.1, -0.05) is 12.5 Å². The highest BCUT2D eigenvalue weighted by atomic mass is 19.4. The molecule has 0 aromatic carbocycles. The van der Waals surface area contributed by atoms with E-state index in [0.29, 0.717) is 35.2 Å². The summed E-state index contributed by atoms with van der Waals surface area (Å²) in [6, 6.07) is 7.75. The van der Waals surface area contributed by atoms with Crippen LogP contribution < -0.4 is 0 Å². The molecule has 1 aliphatic heterocycles. The van der Waals surface area contributed by atoms with E-state index in [2.05, 4.69) is 28.6 Å². The quantitative estimate of drug-likeness (QED) is 0.598. The van der Waals surface area contributed by atoms with Crippen LogP contribution in [0.15, 0.2) is 24.3 Å². The Hall–Kier alpha value is -1.93. The highest BCUT2D eigenvalue weighted by molar-refractivity contribution is 5.55. The molecule has 3 heterocycles. The summed E-state index contributed by atoms with van der Waals surface area (Å²) in [6.45, 7) is 8.99. The van der Waals surface area contributed by atoms with Gasteiger partial charge in [-0.15, -0.1) is 0 Å². The predicted molar refractivity (Wildman–Crippen MR) is 124 cm³/mol. The first-order valence-electron chi connectivity index (χ1n) is 12.9. The number of aromatic nitrogens is 3. The lowest BCUT2D eigenvalue weighted by Crippen LogP contribution is -2.54. The van der Waals surface area contributed by atoms with Crippen LogP contribution in [-0.4, -0.2) is 62.8 Å². The Balaban J connectivity index is 1.14. The third kappa shape index (κ3) is 3.96. The molecule has 34 heavy (non-hydrogen) atoms. The lowest BCUT2D eigenvalue weighted by atomic mass is 9.91. The smallest absolute Gasteiger partial charge is 0.298 e. The molecule has 184 valence electrons. The van der Waals surface area contributed by atoms with Gasteiger partial charge in [-0.3, -0.25) is 14.5 Å². The van der Waals surface area contributed by atoms with Crippen molar-refractivity contribution in [3.63, 3.8) is 0 Å². The normalized spacial score (nSPS) is 30.5. The molecule has 0 N–H and O–H groups in total. The second-order valence-electron chi connectivity index (χ2n) is 11.0. The Bertz CT molecular complexity index is 1020. The van der Waals surface area contributed by atoms with Crippen molar-refractivity contribution < 1.29 is 13.2 Å². The van der Waals surface area contributed by atoms with Crippen LogP contribution in [0.1, 0.15) is 69.3 Å². The van der Waals surface area contributed by atoms with E-state index in [1.54, 1.807) is 6.07 Å². The molecule has 4 fully saturated rings. The van der Waals surface area contributed by atoms with Gasteiger partial charge in [0.05, 0.1) is 5.69 Å². The van der Waals surface area contributed by atoms with Crippen molar-refractivity contribution in [2.24, 2.45) is 11.8 Å². The van der Waals surface area contributed by atoms with Gasteiger partial charge < -0.3 is 0 Å². The van der Waals surface area contributed by atoms with Crippen LogP contribution in [0.2, 0.25) is 0 Å². The molecule has 2 aromatic heterocycles. The van der Waals surface area contributed by atoms with Crippen molar-refractivity contribution >= 4 is 0 Å². The van der Waals surface area contributed by atoms with Crippen molar-refractivity contribution in [3.05, 3.63) is 35.7 Å². The minimum absolute atomic E-state index is 0.159. The molecule has 3 aliphatic carbocycles. The zero-order chi connectivity index (χ0) is 23.6. The average Bonchev–Trinajstić information content (AvgIpc) is 3.13. The van der Waals surface area contributed by atoms with Crippen molar-refractivity contribution in [3.8, 4) is 11.4 Å². The van der Waals surface area contributed by atoms with E-state index in [1.165, 1.54) is 70.0 Å². The van der Waals surface area contributed by atoms with Crippen LogP contribution >= 0.6 is 0 Å². The second-order valence-corrected chi connectivity index (χ2v) is 11.0. The maximum atomic E-state index is 13.2. The summed E-state index contributed by atoms with van der Waals surface area (Å²) in [5.74, 6) is 1.82. The molecule has 0 spiro atoms. The Kier molecular flexibility index (Phi) is 5.52. The molecule has 2 aromatic rings. The van der Waals surface area contributed by atoms with E-state index in [4.69, 9.17) is 5.10 Å². The van der Waals surface area contributed by atoms with Gasteiger partial charge in [0.2, 0.25) is 0 Å². The average molecular weight is 474 g/mol. The van der Waals surface area contributed by atoms with Gasteiger partial charge in [0.25, 0.3) is 0 Å². The third-order valence-corrected chi connectivity index (χ3v) is 8.77. The highest BCUT2D eigenvalue weighted by Crippen LogP contribution is 2.64. The second kappa shape index (κ2) is 8.33. The van der Waals surface area contributed by atoms with Gasteiger partial charge in [0, 0.05) is 55.9 Å². The van der Waals surface area contributed by atoms with Crippen molar-refractivity contribution in [1.82, 2.24) is 24.6 Å². The summed E-state index contributed by atoms with van der Waals surface area (Å²) < 4.78 is 41.5. The van der Waals surface area contributed by atoms with Crippen molar-refractivity contribution in [2.75, 3.05) is 26.2 Å². The fourth-order valence-electron chi connectivity index (χ4n) is 6.70. The molecule has 5 nitrogen and oxygen atoms in total. The first-order chi connectivity index (χ1) is 16.3. The van der Waals surface area contributed by atoms with Crippen LogP contribution in [0.3, 0.4) is 0 Å². The van der Waals surface area contributed by atoms with Gasteiger partial charge in [-0.2, -0.15) is 18.3 Å². The van der Waals surface area contributed by atoms with Gasteiger partial charge in [-0.25, -0.2) is 4.98 Å². The van der Waals surface area contributed by atoms with E-state index < -0.39 is 11.9 Å². The SMILES string of the molecule is CC(C)n1nc(-c2cccc(C(F)(F)F)n2)cc1C1C2CC(N3CCN(C4CCC4)CC3)CC21. The lowest BCUT2D eigenvalue weighted by Gasteiger charge is -2.44. The molecule has 8 heteroatoms. The monoisotopic (exact) mass is 473 g/mol. The van der Waals surface area contributed by atoms with Crippen LogP contribution in [0.5, 0.6) is 0 Å². The highest BCUT2D eigenvalue weighted by Gasteiger charge is 2.58. The zero-order valence-electron chi connectivity index (χ0n) is 20.0. The Morgan fingerprint density at radius 3 is 2.12 bits per heavy atom. The molecule has 4 aliphatic rings. The number of hydrogen-bond donors (Lipinski definition) is 0. The molecular weight excluding hydrogens is 439 g/mol. The molecule has 0 bridgehead atoms. The summed E-state index contributed by atoms with van der Waals surface area (Å²) in [7, 11) is 0. The number of fused-ring (bicyclic) bond motifs is 1. The lowest BCUT2D eigenvalue weighted by molar-refractivity contribution is -0.141. The first kappa shape index (κ1) is 22.5. The Morgan fingerprint density at radius 2 is 1.56 bits per heavy atom. The van der Waals surface area contributed by atoms with Gasteiger partial charge in [0.15, 0.2) is 0 Å². The first-order valence-corrected chi connectivity index (χ1v) is 12.9. The zero-order valence-corrected chi connectivity index (χ0v) is 20.0. The summed E-state index contributed by atoms with van der Waals surface area (Å²) in [5, 5.41) is 4.71. The molecule has 2 unspecified atom stereocenters. The summed E-state index contributed by atoms with van der Waals surface area (Å²) in [4.78, 5) is 9.29. The van der Waals surface area contributed by atoms with E-state index in [-0.39, 0.29) is 6.04 Å². The van der Waals surface area contributed by atoms with E-state index in [9.17, 15) is 13.2 Å². The van der Waals surface area contributed by atoms with Gasteiger partial charge in [-0.05, 0) is 69.6 Å². The van der Waals surface area contributed by atoms with Crippen LogP contribution in [-0.2, 0) is 6.18 Å². The molecule has 0 amide bonds. The summed E-state index contributed by atoms with van der Waals surface area (Å²) >= 11 is 0. The molecule has 3 saturated carbocycles. The van der Waals surface area contributed by atoms with E-state index >= 15 is 0 Å². The summed E-state index contributed by atoms with van der Waals surface area (Å²) in [5.41, 5.74) is 1.15. The summed E-state index contributed by atoms with van der Waals surface area (Å²) in [6.07, 6.45) is 2.19. The number of nitrogens with zero attached hydrogens (tertiary/aromatic N) is 5. The van der Waals surface area contributed by atoms with Crippen LogP contribution in [0, 0.1) is 11.8 Å². The third-order valence-electron chi connectivity index (χ3n) is 8.77. The molecule has 2 atom stereocenters. The molecule has 0 radical (unpaired) electrons. The maximum Gasteiger partial charge on any atom is 0.433 e. The van der Waals surface area contributed by atoms with Gasteiger partial charge in [0.1, 0.15) is 11.4 Å². The Labute approximate surface area is 199 Å². The number of piperazine rings is 1. The maximum absolute atomic E-state index is 13.2. The number of halogens is 3. The standard InChI is InChI=1S/C26H34F3N5/c1-16(2)34-23(15-22(31-34)21-7-4-8-24(30-21)26(27,28)29)25-19-13-18(14-20(19)25)33-11-9-32(10-12-33)17-5-3-6-17/h4,7-8,15-20,25H,3,5-6,9-14H2,1-2H3. The van der Waals surface area contributed by atoms with Gasteiger partial charge >= 0.3 is 6.18 Å². The van der Waals surface area contributed by atoms with E-state index in [1.807, 2.05) is 10.7 Å². The number of pyridine rings is 1. The largest absolute Gasteiger partial charge is 0.433 e. The fraction of sp³-hybridized carbons (Fsp3) is 0.692. The van der Waals surface area contributed by atoms with Crippen LogP contribution in [0.4, 0.5) is 13.2 Å². The fourth-order valence-corrected chi connectivity index (χ4v) is 6.70. The minimum atomic E-state index is -4.45. The predicted octanol–water partition coefficient (Wildman–Crippen LogP) is 5.21. The van der Waals surface area contributed by atoms with Crippen LogP contribution in [0.25, 0.3) is 11.4 Å². The molecular formula is C26H34F3N5. The Morgan fingerprint density at radius 1 is 0.912 bits per heavy atom. The topological polar surface area (TPSA) is 37.2 Å². The van der Waals surface area contributed by atoms with Crippen molar-refractivity contribution in [2.45, 2.75) is 76.2 Å². The van der Waals surface area contributed by atoms with Crippen molar-refractivity contribution in [1.29, 1.82) is 0 Å². The van der Waals surface area contributed by atoms with E-state index in [0.717, 1.165) is 12.1 Å². The number of rotatable bonds is 5. The number of hydrogen-bond acceptors (Lipinski definition) is 4. The minimum Gasteiger partial charge on any atom is -0.298 e. The molecule has 6 rings (SSSR count). The number of alkyl halides is 3. The molecule has 1 saturated heterocycles.